The van der Waals surface area contributed by atoms with Gasteiger partial charge in [-0.2, -0.15) is 0 Å². The minimum atomic E-state index is 0. The van der Waals surface area contributed by atoms with Gasteiger partial charge in [-0.15, -0.1) is 35.3 Å². The second kappa shape index (κ2) is 13.0. The highest BCUT2D eigenvalue weighted by molar-refractivity contribution is 14.0. The second-order valence-corrected chi connectivity index (χ2v) is 8.85. The monoisotopic (exact) mass is 524 g/mol. The van der Waals surface area contributed by atoms with Crippen LogP contribution in [0.3, 0.4) is 0 Å². The Morgan fingerprint density at radius 3 is 2.57 bits per heavy atom. The number of hydrogen-bond donors (Lipinski definition) is 2. The first-order valence-electron chi connectivity index (χ1n) is 9.86. The molecule has 162 valence electrons. The minimum Gasteiger partial charge on any atom is -0.379 e. The van der Waals surface area contributed by atoms with Crippen molar-refractivity contribution in [3.05, 3.63) is 22.4 Å². The highest BCUT2D eigenvalue weighted by Crippen LogP contribution is 2.25. The van der Waals surface area contributed by atoms with Crippen molar-refractivity contribution in [3.8, 4) is 0 Å². The van der Waals surface area contributed by atoms with Gasteiger partial charge in [-0.05, 0) is 23.8 Å². The van der Waals surface area contributed by atoms with Crippen LogP contribution in [0.15, 0.2) is 22.5 Å². The Balaban J connectivity index is 0.00000392. The Morgan fingerprint density at radius 2 is 2.04 bits per heavy atom. The number of aliphatic imine (C=N–C) groups is 1. The molecular weight excluding hydrogens is 487 g/mol. The van der Waals surface area contributed by atoms with Gasteiger partial charge in [0.25, 0.3) is 0 Å². The number of nitrogens with one attached hydrogen (secondary N) is 2. The number of rotatable bonds is 8. The molecule has 1 aliphatic rings. The quantitative estimate of drug-likeness (QED) is 0.311. The molecule has 2 unspecified atom stereocenters. The molecule has 2 heterocycles. The molecule has 1 aliphatic heterocycles. The molecule has 2 rings (SSSR count). The van der Waals surface area contributed by atoms with Crippen molar-refractivity contribution in [2.24, 2.45) is 10.4 Å². The molecule has 0 bridgehead atoms. The van der Waals surface area contributed by atoms with Gasteiger partial charge in [0, 0.05) is 38.2 Å². The number of ether oxygens (including phenoxy) is 2. The lowest BCUT2D eigenvalue weighted by molar-refractivity contribution is 0.0176. The minimum absolute atomic E-state index is 0. The predicted molar refractivity (Wildman–Crippen MR) is 129 cm³/mol. The zero-order valence-electron chi connectivity index (χ0n) is 17.9. The Hall–Kier alpha value is -0.420. The van der Waals surface area contributed by atoms with Gasteiger partial charge in [0.1, 0.15) is 0 Å². The lowest BCUT2D eigenvalue weighted by atomic mass is 9.89. The molecule has 8 heteroatoms. The summed E-state index contributed by atoms with van der Waals surface area (Å²) < 4.78 is 11.2. The molecule has 1 saturated heterocycles. The average Bonchev–Trinajstić information content (AvgIpc) is 3.16. The van der Waals surface area contributed by atoms with Gasteiger partial charge in [0.05, 0.1) is 31.9 Å². The summed E-state index contributed by atoms with van der Waals surface area (Å²) in [5.74, 6) is 0.846. The summed E-state index contributed by atoms with van der Waals surface area (Å²) in [7, 11) is 1.76. The van der Waals surface area contributed by atoms with E-state index in [0.717, 1.165) is 45.4 Å². The molecule has 0 amide bonds. The van der Waals surface area contributed by atoms with Gasteiger partial charge >= 0.3 is 0 Å². The molecule has 1 aromatic heterocycles. The van der Waals surface area contributed by atoms with Gasteiger partial charge in [-0.1, -0.05) is 26.8 Å². The van der Waals surface area contributed by atoms with E-state index in [-0.39, 0.29) is 35.5 Å². The Bertz CT molecular complexity index is 557. The van der Waals surface area contributed by atoms with Crippen LogP contribution < -0.4 is 10.6 Å². The van der Waals surface area contributed by atoms with Crippen LogP contribution >= 0.6 is 35.3 Å². The maximum Gasteiger partial charge on any atom is 0.191 e. The molecule has 2 atom stereocenters. The number of guanidine groups is 1. The summed E-state index contributed by atoms with van der Waals surface area (Å²) in [6, 6.07) is 4.68. The molecule has 28 heavy (non-hydrogen) atoms. The normalized spacial score (nSPS) is 18.2. The van der Waals surface area contributed by atoms with E-state index in [2.05, 4.69) is 60.7 Å². The van der Waals surface area contributed by atoms with Crippen LogP contribution in [0.4, 0.5) is 0 Å². The highest BCUT2D eigenvalue weighted by Gasteiger charge is 2.25. The third kappa shape index (κ3) is 8.14. The first kappa shape index (κ1) is 25.6. The van der Waals surface area contributed by atoms with Crippen LogP contribution in [0, 0.1) is 5.41 Å². The maximum atomic E-state index is 5.64. The fourth-order valence-corrected chi connectivity index (χ4v) is 4.05. The fourth-order valence-electron chi connectivity index (χ4n) is 3.19. The van der Waals surface area contributed by atoms with Crippen LogP contribution in [0.25, 0.3) is 0 Å². The van der Waals surface area contributed by atoms with Crippen molar-refractivity contribution >= 4 is 41.3 Å². The zero-order chi connectivity index (χ0) is 19.7. The number of morpholine rings is 1. The van der Waals surface area contributed by atoms with Gasteiger partial charge in [-0.25, -0.2) is 0 Å². The summed E-state index contributed by atoms with van der Waals surface area (Å²) in [6.07, 6.45) is 0.0836. The topological polar surface area (TPSA) is 58.1 Å². The molecule has 0 aromatic carbocycles. The van der Waals surface area contributed by atoms with Gasteiger partial charge in [-0.3, -0.25) is 9.89 Å². The molecule has 0 saturated carbocycles. The maximum absolute atomic E-state index is 5.64. The average molecular weight is 525 g/mol. The standard InChI is InChI=1S/C20H36N4O2S.HI/c1-6-21-19(23-15-18(25-5)20(2,3)4)22-14-16(17-8-7-13-27-17)24-9-11-26-12-10-24;/h7-8,13,16,18H,6,9-12,14-15H2,1-5H3,(H2,21,22,23);1H. The van der Waals surface area contributed by atoms with E-state index in [1.807, 2.05) is 11.3 Å². The number of methoxy groups -OCH3 is 1. The lowest BCUT2D eigenvalue weighted by Gasteiger charge is -2.34. The smallest absolute Gasteiger partial charge is 0.191 e. The summed E-state index contributed by atoms with van der Waals surface area (Å²) in [6.45, 7) is 14.5. The summed E-state index contributed by atoms with van der Waals surface area (Å²) >= 11 is 1.81. The molecule has 2 N–H and O–H groups in total. The van der Waals surface area contributed by atoms with Crippen molar-refractivity contribution in [3.63, 3.8) is 0 Å². The van der Waals surface area contributed by atoms with E-state index in [1.54, 1.807) is 7.11 Å². The first-order valence-corrected chi connectivity index (χ1v) is 10.7. The third-order valence-corrected chi connectivity index (χ3v) is 5.80. The highest BCUT2D eigenvalue weighted by atomic mass is 127. The van der Waals surface area contributed by atoms with E-state index >= 15 is 0 Å². The van der Waals surface area contributed by atoms with Crippen molar-refractivity contribution in [2.75, 3.05) is 53.0 Å². The van der Waals surface area contributed by atoms with E-state index < -0.39 is 0 Å². The van der Waals surface area contributed by atoms with Crippen LogP contribution in [0.5, 0.6) is 0 Å². The number of nitrogens with zero attached hydrogens (tertiary/aromatic N) is 2. The number of halogens is 1. The second-order valence-electron chi connectivity index (χ2n) is 7.87. The lowest BCUT2D eigenvalue weighted by Crippen LogP contribution is -2.46. The van der Waals surface area contributed by atoms with Gasteiger partial charge in [0.2, 0.25) is 0 Å². The van der Waals surface area contributed by atoms with Gasteiger partial charge < -0.3 is 20.1 Å². The Labute approximate surface area is 191 Å². The van der Waals surface area contributed by atoms with Crippen LogP contribution in [-0.2, 0) is 9.47 Å². The van der Waals surface area contributed by atoms with E-state index in [9.17, 15) is 0 Å². The molecule has 0 spiro atoms. The largest absolute Gasteiger partial charge is 0.379 e. The molecule has 0 aliphatic carbocycles. The zero-order valence-corrected chi connectivity index (χ0v) is 21.0. The Morgan fingerprint density at radius 1 is 1.32 bits per heavy atom. The Kier molecular flexibility index (Phi) is 11.9. The van der Waals surface area contributed by atoms with E-state index in [4.69, 9.17) is 14.5 Å². The molecule has 6 nitrogen and oxygen atoms in total. The third-order valence-electron chi connectivity index (χ3n) is 4.83. The van der Waals surface area contributed by atoms with Crippen molar-refractivity contribution < 1.29 is 9.47 Å². The molecular formula is C20H37IN4O2S. The summed E-state index contributed by atoms with van der Waals surface area (Å²) in [5, 5.41) is 9.05. The molecule has 1 aromatic rings. The van der Waals surface area contributed by atoms with E-state index in [1.165, 1.54) is 4.88 Å². The fraction of sp³-hybridized carbons (Fsp3) is 0.750. The van der Waals surface area contributed by atoms with Crippen LogP contribution in [0.1, 0.15) is 38.6 Å². The SMILES string of the molecule is CCNC(=NCC(OC)C(C)(C)C)NCC(c1cccs1)N1CCOCC1.I. The van der Waals surface area contributed by atoms with Crippen molar-refractivity contribution in [1.82, 2.24) is 15.5 Å². The van der Waals surface area contributed by atoms with Crippen LogP contribution in [0.2, 0.25) is 0 Å². The van der Waals surface area contributed by atoms with Crippen molar-refractivity contribution in [2.45, 2.75) is 39.8 Å². The van der Waals surface area contributed by atoms with E-state index in [0.29, 0.717) is 12.6 Å². The van der Waals surface area contributed by atoms with Gasteiger partial charge in [0.15, 0.2) is 5.96 Å². The first-order chi connectivity index (χ1) is 13.0. The molecule has 1 fully saturated rings. The molecule has 0 radical (unpaired) electrons. The van der Waals surface area contributed by atoms with Crippen LogP contribution in [-0.4, -0.2) is 70.0 Å². The predicted octanol–water partition coefficient (Wildman–Crippen LogP) is 3.36. The number of thiophene rings is 1. The number of hydrogen-bond acceptors (Lipinski definition) is 5. The van der Waals surface area contributed by atoms with Crippen molar-refractivity contribution in [1.29, 1.82) is 0 Å². The summed E-state index contributed by atoms with van der Waals surface area (Å²) in [5.41, 5.74) is 0.0584. The summed E-state index contributed by atoms with van der Waals surface area (Å²) in [4.78, 5) is 8.66.